The van der Waals surface area contributed by atoms with Gasteiger partial charge in [0.25, 0.3) is 5.69 Å². The molecule has 1 amide bonds. The van der Waals surface area contributed by atoms with E-state index in [4.69, 9.17) is 4.74 Å². The molecule has 0 atom stereocenters. The summed E-state index contributed by atoms with van der Waals surface area (Å²) in [6.45, 7) is 2.08. The van der Waals surface area contributed by atoms with Crippen molar-refractivity contribution < 1.29 is 14.5 Å². The first-order valence-electron chi connectivity index (χ1n) is 10.1. The summed E-state index contributed by atoms with van der Waals surface area (Å²) >= 11 is 0. The second-order valence-corrected chi connectivity index (χ2v) is 7.68. The molecular formula is C21H28N6O4. The van der Waals surface area contributed by atoms with E-state index >= 15 is 0 Å². The number of amides is 1. The zero-order valence-electron chi connectivity index (χ0n) is 18.0. The molecule has 2 heterocycles. The standard InChI is InChI=1S/C21H28N6O4/c1-22-18-5-4-16(12-19(18)27(29)30)31-17-6-9-23-20(13-17)24-21(28)14-26-10-7-15(8-11-26)25(2)3/h4-6,9,12-13,15,22H,7-8,10-11,14H2,1-3H3,(H,23,24,28). The van der Waals surface area contributed by atoms with Crippen molar-refractivity contribution in [2.75, 3.05) is 51.4 Å². The van der Waals surface area contributed by atoms with Crippen molar-refractivity contribution in [1.82, 2.24) is 14.8 Å². The minimum absolute atomic E-state index is 0.0828. The number of likely N-dealkylation sites (tertiary alicyclic amines) is 1. The van der Waals surface area contributed by atoms with Crippen LogP contribution in [-0.2, 0) is 4.79 Å². The first-order valence-corrected chi connectivity index (χ1v) is 10.1. The van der Waals surface area contributed by atoms with E-state index in [1.165, 1.54) is 12.3 Å². The molecule has 1 aromatic carbocycles. The highest BCUT2D eigenvalue weighted by Crippen LogP contribution is 2.31. The van der Waals surface area contributed by atoms with Crippen molar-refractivity contribution in [2.24, 2.45) is 0 Å². The van der Waals surface area contributed by atoms with Gasteiger partial charge in [-0.25, -0.2) is 4.98 Å². The van der Waals surface area contributed by atoms with E-state index < -0.39 is 4.92 Å². The van der Waals surface area contributed by atoms with Crippen molar-refractivity contribution in [3.63, 3.8) is 0 Å². The highest BCUT2D eigenvalue weighted by Gasteiger charge is 2.22. The van der Waals surface area contributed by atoms with E-state index in [1.807, 2.05) is 0 Å². The lowest BCUT2D eigenvalue weighted by Crippen LogP contribution is -2.44. The number of carbonyl (C=O) groups is 1. The SMILES string of the molecule is CNc1ccc(Oc2ccnc(NC(=O)CN3CCC(N(C)C)CC3)c2)cc1[N+](=O)[O-]. The number of pyridine rings is 1. The zero-order chi connectivity index (χ0) is 22.4. The normalized spacial score (nSPS) is 15.0. The van der Waals surface area contributed by atoms with Crippen LogP contribution in [0.3, 0.4) is 0 Å². The summed E-state index contributed by atoms with van der Waals surface area (Å²) in [5.41, 5.74) is 0.315. The van der Waals surface area contributed by atoms with Crippen LogP contribution in [0, 0.1) is 10.1 Å². The third-order valence-corrected chi connectivity index (χ3v) is 5.32. The Kier molecular flexibility index (Phi) is 7.37. The van der Waals surface area contributed by atoms with Gasteiger partial charge in [-0.3, -0.25) is 19.8 Å². The fraction of sp³-hybridized carbons (Fsp3) is 0.429. The molecular weight excluding hydrogens is 400 g/mol. The number of anilines is 2. The van der Waals surface area contributed by atoms with Gasteiger partial charge in [0.05, 0.1) is 17.5 Å². The molecule has 2 N–H and O–H groups in total. The van der Waals surface area contributed by atoms with E-state index in [0.717, 1.165) is 25.9 Å². The molecule has 1 fully saturated rings. The predicted molar refractivity (Wildman–Crippen MR) is 119 cm³/mol. The molecule has 166 valence electrons. The van der Waals surface area contributed by atoms with Crippen molar-refractivity contribution >= 4 is 23.1 Å². The highest BCUT2D eigenvalue weighted by molar-refractivity contribution is 5.91. The number of piperidine rings is 1. The van der Waals surface area contributed by atoms with Gasteiger partial charge in [-0.2, -0.15) is 0 Å². The van der Waals surface area contributed by atoms with Crippen molar-refractivity contribution in [3.8, 4) is 11.5 Å². The Morgan fingerprint density at radius 3 is 2.61 bits per heavy atom. The van der Waals surface area contributed by atoms with Gasteiger partial charge in [0.15, 0.2) is 0 Å². The number of nitro groups is 1. The molecule has 1 saturated heterocycles. The lowest BCUT2D eigenvalue weighted by atomic mass is 10.0. The van der Waals surface area contributed by atoms with E-state index in [9.17, 15) is 14.9 Å². The van der Waals surface area contributed by atoms with Crippen molar-refractivity contribution in [1.29, 1.82) is 0 Å². The first-order chi connectivity index (χ1) is 14.9. The van der Waals surface area contributed by atoms with Gasteiger partial charge in [0, 0.05) is 38.4 Å². The number of hydrogen-bond acceptors (Lipinski definition) is 8. The molecule has 0 bridgehead atoms. The number of carbonyl (C=O) groups excluding carboxylic acids is 1. The number of nitrogens with zero attached hydrogens (tertiary/aromatic N) is 4. The molecule has 0 saturated carbocycles. The fourth-order valence-corrected chi connectivity index (χ4v) is 3.60. The molecule has 2 aromatic rings. The van der Waals surface area contributed by atoms with E-state index in [0.29, 0.717) is 35.6 Å². The molecule has 1 aliphatic heterocycles. The zero-order valence-corrected chi connectivity index (χ0v) is 18.0. The summed E-state index contributed by atoms with van der Waals surface area (Å²) in [4.78, 5) is 31.7. The van der Waals surface area contributed by atoms with E-state index in [1.54, 1.807) is 31.3 Å². The van der Waals surface area contributed by atoms with Gasteiger partial charge in [0.1, 0.15) is 23.0 Å². The van der Waals surface area contributed by atoms with Crippen LogP contribution in [0.2, 0.25) is 0 Å². The number of nitro benzene ring substituents is 1. The summed E-state index contributed by atoms with van der Waals surface area (Å²) < 4.78 is 5.74. The summed E-state index contributed by atoms with van der Waals surface area (Å²) in [5.74, 6) is 0.968. The van der Waals surface area contributed by atoms with Crippen molar-refractivity contribution in [3.05, 3.63) is 46.6 Å². The highest BCUT2D eigenvalue weighted by atomic mass is 16.6. The monoisotopic (exact) mass is 428 g/mol. The molecule has 3 rings (SSSR count). The van der Waals surface area contributed by atoms with Crippen LogP contribution in [-0.4, -0.2) is 72.4 Å². The second-order valence-electron chi connectivity index (χ2n) is 7.68. The Balaban J connectivity index is 1.59. The Hall–Kier alpha value is -3.24. The minimum atomic E-state index is -0.474. The van der Waals surface area contributed by atoms with Crippen LogP contribution >= 0.6 is 0 Å². The third kappa shape index (κ3) is 6.12. The van der Waals surface area contributed by atoms with Gasteiger partial charge in [-0.15, -0.1) is 0 Å². The molecule has 1 aliphatic rings. The lowest BCUT2D eigenvalue weighted by Gasteiger charge is -2.34. The maximum atomic E-state index is 12.4. The molecule has 1 aromatic heterocycles. The number of aromatic nitrogens is 1. The first kappa shape index (κ1) is 22.4. The van der Waals surface area contributed by atoms with Gasteiger partial charge in [-0.05, 0) is 45.1 Å². The van der Waals surface area contributed by atoms with Crippen molar-refractivity contribution in [2.45, 2.75) is 18.9 Å². The maximum absolute atomic E-state index is 12.4. The van der Waals surface area contributed by atoms with Crippen LogP contribution < -0.4 is 15.4 Å². The Morgan fingerprint density at radius 2 is 1.97 bits per heavy atom. The van der Waals surface area contributed by atoms with E-state index in [-0.39, 0.29) is 11.6 Å². The van der Waals surface area contributed by atoms with Crippen LogP contribution in [0.1, 0.15) is 12.8 Å². The second kappa shape index (κ2) is 10.2. The minimum Gasteiger partial charge on any atom is -0.457 e. The average Bonchev–Trinajstić information content (AvgIpc) is 2.74. The van der Waals surface area contributed by atoms with Gasteiger partial charge < -0.3 is 20.3 Å². The molecule has 0 unspecified atom stereocenters. The van der Waals surface area contributed by atoms with Crippen LogP contribution in [0.25, 0.3) is 0 Å². The average molecular weight is 428 g/mol. The number of benzene rings is 1. The van der Waals surface area contributed by atoms with Crippen LogP contribution in [0.4, 0.5) is 17.2 Å². The maximum Gasteiger partial charge on any atom is 0.296 e. The molecule has 0 aliphatic carbocycles. The molecule has 0 radical (unpaired) electrons. The van der Waals surface area contributed by atoms with Gasteiger partial charge in [0.2, 0.25) is 5.91 Å². The molecule has 10 nitrogen and oxygen atoms in total. The third-order valence-electron chi connectivity index (χ3n) is 5.32. The smallest absolute Gasteiger partial charge is 0.296 e. The summed E-state index contributed by atoms with van der Waals surface area (Å²) in [6, 6.07) is 8.34. The van der Waals surface area contributed by atoms with Crippen LogP contribution in [0.5, 0.6) is 11.5 Å². The topological polar surface area (TPSA) is 113 Å². The summed E-state index contributed by atoms with van der Waals surface area (Å²) in [6.07, 6.45) is 3.60. The quantitative estimate of drug-likeness (QED) is 0.487. The number of ether oxygens (including phenoxy) is 1. The molecule has 0 spiro atoms. The van der Waals surface area contributed by atoms with E-state index in [2.05, 4.69) is 39.5 Å². The number of hydrogen-bond donors (Lipinski definition) is 2. The molecule has 10 heteroatoms. The number of rotatable bonds is 8. The Morgan fingerprint density at radius 1 is 1.26 bits per heavy atom. The van der Waals surface area contributed by atoms with Gasteiger partial charge in [-0.1, -0.05) is 0 Å². The predicted octanol–water partition coefficient (Wildman–Crippen LogP) is 2.79. The van der Waals surface area contributed by atoms with Gasteiger partial charge >= 0.3 is 0 Å². The summed E-state index contributed by atoms with van der Waals surface area (Å²) in [5, 5.41) is 16.8. The number of nitrogens with one attached hydrogen (secondary N) is 2. The largest absolute Gasteiger partial charge is 0.457 e. The van der Waals surface area contributed by atoms with Crippen LogP contribution in [0.15, 0.2) is 36.5 Å². The Labute approximate surface area is 181 Å². The summed E-state index contributed by atoms with van der Waals surface area (Å²) in [7, 11) is 5.78. The lowest BCUT2D eigenvalue weighted by molar-refractivity contribution is -0.384. The Bertz CT molecular complexity index is 928. The fourth-order valence-electron chi connectivity index (χ4n) is 3.60. The molecule has 31 heavy (non-hydrogen) atoms.